The Balaban J connectivity index is 2.18. The first-order valence-electron chi connectivity index (χ1n) is 7.81. The van der Waals surface area contributed by atoms with Crippen LogP contribution in [0.1, 0.15) is 12.0 Å². The van der Waals surface area contributed by atoms with Crippen LogP contribution in [0.25, 0.3) is 6.08 Å². The molecule has 5 nitrogen and oxygen atoms in total. The van der Waals surface area contributed by atoms with Crippen LogP contribution in [0.4, 0.5) is 0 Å². The van der Waals surface area contributed by atoms with Crippen LogP contribution in [0.2, 0.25) is 0 Å². The largest absolute Gasteiger partial charge is 0.365 e. The van der Waals surface area contributed by atoms with Crippen molar-refractivity contribution in [2.24, 2.45) is 0 Å². The summed E-state index contributed by atoms with van der Waals surface area (Å²) in [5, 5.41) is 0. The zero-order valence-corrected chi connectivity index (χ0v) is 15.1. The van der Waals surface area contributed by atoms with Gasteiger partial charge in [0.05, 0.1) is 33.0 Å². The summed E-state index contributed by atoms with van der Waals surface area (Å²) in [6.45, 7) is 2.12. The molecule has 1 rings (SSSR count). The molecule has 0 radical (unpaired) electrons. The van der Waals surface area contributed by atoms with Crippen LogP contribution < -0.4 is 0 Å². The van der Waals surface area contributed by atoms with E-state index in [9.17, 15) is 8.42 Å². The van der Waals surface area contributed by atoms with Gasteiger partial charge in [0.15, 0.2) is 0 Å². The molecule has 0 aliphatic carbocycles. The van der Waals surface area contributed by atoms with Crippen molar-refractivity contribution in [3.05, 3.63) is 42.0 Å². The third-order valence-electron chi connectivity index (χ3n) is 3.30. The van der Waals surface area contributed by atoms with E-state index in [-0.39, 0.29) is 5.75 Å². The first-order valence-corrected chi connectivity index (χ1v) is 9.42. The molecule has 0 aromatic heterocycles. The zero-order chi connectivity index (χ0) is 17.9. The van der Waals surface area contributed by atoms with Crippen molar-refractivity contribution in [2.45, 2.75) is 6.42 Å². The number of hydrogen-bond acceptors (Lipinski definition) is 3. The van der Waals surface area contributed by atoms with Gasteiger partial charge in [-0.15, -0.1) is 0 Å². The van der Waals surface area contributed by atoms with E-state index >= 15 is 0 Å². The first kappa shape index (κ1) is 20.4. The van der Waals surface area contributed by atoms with Gasteiger partial charge in [-0.2, -0.15) is 8.42 Å². The molecule has 0 fully saturated rings. The summed E-state index contributed by atoms with van der Waals surface area (Å²) in [4.78, 5) is 0. The van der Waals surface area contributed by atoms with Crippen molar-refractivity contribution in [1.29, 1.82) is 0 Å². The Morgan fingerprint density at radius 1 is 1.21 bits per heavy atom. The lowest BCUT2D eigenvalue weighted by Crippen LogP contribution is -2.41. The van der Waals surface area contributed by atoms with E-state index in [2.05, 4.69) is 11.8 Å². The van der Waals surface area contributed by atoms with Crippen molar-refractivity contribution in [2.75, 3.05) is 46.2 Å². The minimum absolute atomic E-state index is 0.209. The highest BCUT2D eigenvalue weighted by Crippen LogP contribution is 2.01. The monoisotopic (exact) mass is 352 g/mol. The Hall–Kier alpha value is -1.65. The molecular weight excluding hydrogens is 326 g/mol. The van der Waals surface area contributed by atoms with Crippen LogP contribution in [0, 0.1) is 11.8 Å². The van der Waals surface area contributed by atoms with E-state index in [1.165, 1.54) is 0 Å². The van der Waals surface area contributed by atoms with Crippen molar-refractivity contribution in [1.82, 2.24) is 0 Å². The highest BCUT2D eigenvalue weighted by molar-refractivity contribution is 7.85. The molecule has 0 spiro atoms. The summed E-state index contributed by atoms with van der Waals surface area (Å²) in [6, 6.07) is 10.0. The standard InChI is InChI=1S/C18H25NO4S/c1-19(2,14-9-17-24(20,21)22)13-6-7-15-23-16-8-12-18-10-4-3-5-11-18/h3-5,8,10-12H,9,13-17H2,1-2H3/p+1/b12-8+. The normalized spacial score (nSPS) is 12.1. The Kier molecular flexibility index (Phi) is 8.72. The maximum absolute atomic E-state index is 10.7. The van der Waals surface area contributed by atoms with Crippen molar-refractivity contribution < 1.29 is 22.2 Å². The van der Waals surface area contributed by atoms with E-state index in [1.54, 1.807) is 0 Å². The van der Waals surface area contributed by atoms with Crippen molar-refractivity contribution in [3.8, 4) is 11.8 Å². The fraction of sp³-hybridized carbons (Fsp3) is 0.444. The lowest BCUT2D eigenvalue weighted by Gasteiger charge is -2.27. The van der Waals surface area contributed by atoms with Crippen LogP contribution in [0.5, 0.6) is 0 Å². The topological polar surface area (TPSA) is 63.6 Å². The van der Waals surface area contributed by atoms with Crippen molar-refractivity contribution in [3.63, 3.8) is 0 Å². The highest BCUT2D eigenvalue weighted by Gasteiger charge is 2.14. The summed E-state index contributed by atoms with van der Waals surface area (Å²) < 4.78 is 36.1. The van der Waals surface area contributed by atoms with E-state index in [0.29, 0.717) is 37.2 Å². The molecule has 0 saturated heterocycles. The maximum atomic E-state index is 10.7. The number of quaternary nitrogens is 1. The van der Waals surface area contributed by atoms with Crippen LogP contribution in [-0.4, -0.2) is 63.6 Å². The van der Waals surface area contributed by atoms with Crippen LogP contribution in [0.3, 0.4) is 0 Å². The fourth-order valence-electron chi connectivity index (χ4n) is 2.00. The summed E-state index contributed by atoms with van der Waals surface area (Å²) in [5.41, 5.74) is 1.14. The summed E-state index contributed by atoms with van der Waals surface area (Å²) in [6.07, 6.45) is 4.36. The molecule has 1 aromatic carbocycles. The lowest BCUT2D eigenvalue weighted by atomic mass is 10.2. The summed E-state index contributed by atoms with van der Waals surface area (Å²) >= 11 is 0. The average molecular weight is 352 g/mol. The van der Waals surface area contributed by atoms with E-state index < -0.39 is 10.1 Å². The molecule has 1 N–H and O–H groups in total. The Morgan fingerprint density at radius 2 is 1.92 bits per heavy atom. The van der Waals surface area contributed by atoms with Crippen molar-refractivity contribution >= 4 is 16.2 Å². The van der Waals surface area contributed by atoms with Crippen LogP contribution in [0.15, 0.2) is 36.4 Å². The van der Waals surface area contributed by atoms with Gasteiger partial charge in [0.25, 0.3) is 10.1 Å². The van der Waals surface area contributed by atoms with E-state index in [1.807, 2.05) is 56.6 Å². The third-order valence-corrected chi connectivity index (χ3v) is 4.10. The van der Waals surface area contributed by atoms with Gasteiger partial charge in [0.1, 0.15) is 13.2 Å². The van der Waals surface area contributed by atoms with Gasteiger partial charge < -0.3 is 9.22 Å². The molecule has 132 valence electrons. The van der Waals surface area contributed by atoms with Gasteiger partial charge in [0, 0.05) is 6.42 Å². The van der Waals surface area contributed by atoms with Crippen LogP contribution >= 0.6 is 0 Å². The minimum atomic E-state index is -3.88. The Morgan fingerprint density at radius 3 is 2.58 bits per heavy atom. The Labute approximate surface area is 145 Å². The van der Waals surface area contributed by atoms with Gasteiger partial charge in [-0.05, 0) is 11.5 Å². The molecule has 0 aliphatic rings. The number of benzene rings is 1. The lowest BCUT2D eigenvalue weighted by molar-refractivity contribution is -0.883. The molecule has 0 bridgehead atoms. The fourth-order valence-corrected chi connectivity index (χ4v) is 2.50. The average Bonchev–Trinajstić information content (AvgIpc) is 2.49. The number of nitrogens with zero attached hydrogens (tertiary/aromatic N) is 1. The Bertz CT molecular complexity index is 670. The second-order valence-electron chi connectivity index (χ2n) is 6.14. The van der Waals surface area contributed by atoms with Gasteiger partial charge in [-0.3, -0.25) is 4.55 Å². The zero-order valence-electron chi connectivity index (χ0n) is 14.3. The predicted molar refractivity (Wildman–Crippen MR) is 96.9 cm³/mol. The van der Waals surface area contributed by atoms with Gasteiger partial charge in [-0.1, -0.05) is 48.4 Å². The van der Waals surface area contributed by atoms with E-state index in [4.69, 9.17) is 9.29 Å². The maximum Gasteiger partial charge on any atom is 0.265 e. The van der Waals surface area contributed by atoms with E-state index in [0.717, 1.165) is 5.56 Å². The smallest absolute Gasteiger partial charge is 0.265 e. The molecule has 1 aromatic rings. The van der Waals surface area contributed by atoms with Gasteiger partial charge in [-0.25, -0.2) is 0 Å². The minimum Gasteiger partial charge on any atom is -0.365 e. The number of hydrogen-bond donors (Lipinski definition) is 1. The third kappa shape index (κ3) is 11.0. The number of rotatable bonds is 9. The van der Waals surface area contributed by atoms with Crippen LogP contribution in [-0.2, 0) is 14.9 Å². The first-order chi connectivity index (χ1) is 11.3. The van der Waals surface area contributed by atoms with Gasteiger partial charge in [0.2, 0.25) is 0 Å². The predicted octanol–water partition coefficient (Wildman–Crippen LogP) is 2.07. The SMILES string of the molecule is C[N+](C)(CC#CCOC/C=C/c1ccccc1)CCCS(=O)(=O)O. The highest BCUT2D eigenvalue weighted by atomic mass is 32.2. The quantitative estimate of drug-likeness (QED) is 0.320. The molecule has 0 amide bonds. The molecule has 0 aliphatic heterocycles. The summed E-state index contributed by atoms with van der Waals surface area (Å²) in [7, 11) is 0.0715. The molecule has 6 heteroatoms. The second kappa shape index (κ2) is 10.3. The molecule has 0 unspecified atom stereocenters. The molecule has 24 heavy (non-hydrogen) atoms. The summed E-state index contributed by atoms with van der Waals surface area (Å²) in [5.74, 6) is 5.79. The molecule has 0 saturated carbocycles. The second-order valence-corrected chi connectivity index (χ2v) is 7.71. The van der Waals surface area contributed by atoms with Gasteiger partial charge >= 0.3 is 0 Å². The molecule has 0 heterocycles. The number of ether oxygens (including phenoxy) is 1. The molecule has 0 atom stereocenters. The molecular formula is C18H26NO4S+.